The van der Waals surface area contributed by atoms with E-state index in [0.717, 1.165) is 50.7 Å². The summed E-state index contributed by atoms with van der Waals surface area (Å²) in [5, 5.41) is 9.97. The van der Waals surface area contributed by atoms with Crippen molar-refractivity contribution in [1.82, 2.24) is 4.57 Å². The fourth-order valence-electron chi connectivity index (χ4n) is 7.22. The number of fused-ring (bicyclic) bond motifs is 12. The number of benzene rings is 8. The van der Waals surface area contributed by atoms with Crippen LogP contribution in [0.15, 0.2) is 152 Å². The van der Waals surface area contributed by atoms with Gasteiger partial charge >= 0.3 is 0 Å². The van der Waals surface area contributed by atoms with E-state index in [9.17, 15) is 0 Å². The molecular weight excluding hydrogens is 550 g/mol. The number of para-hydroxylation sites is 3. The molecule has 0 atom stereocenters. The highest BCUT2D eigenvalue weighted by Gasteiger charge is 2.25. The van der Waals surface area contributed by atoms with Gasteiger partial charge in [-0.15, -0.1) is 0 Å². The lowest BCUT2D eigenvalue weighted by Gasteiger charge is -2.22. The zero-order valence-corrected chi connectivity index (χ0v) is 24.2. The molecule has 0 radical (unpaired) electrons. The Morgan fingerprint density at radius 1 is 0.356 bits per heavy atom. The van der Waals surface area contributed by atoms with Crippen molar-refractivity contribution < 1.29 is 9.47 Å². The predicted molar refractivity (Wildman–Crippen MR) is 185 cm³/mol. The number of hydrogen-bond donors (Lipinski definition) is 0. The number of ether oxygens (including phenoxy) is 2. The Labute approximate surface area is 259 Å². The van der Waals surface area contributed by atoms with Gasteiger partial charge in [0.15, 0.2) is 23.0 Å². The van der Waals surface area contributed by atoms with Crippen LogP contribution in [0.2, 0.25) is 0 Å². The average Bonchev–Trinajstić information content (AvgIpc) is 3.46. The molecule has 210 valence electrons. The molecule has 8 aromatic carbocycles. The molecule has 0 spiro atoms. The second-order valence-electron chi connectivity index (χ2n) is 11.7. The molecule has 2 heterocycles. The minimum Gasteiger partial charge on any atom is -0.449 e. The van der Waals surface area contributed by atoms with E-state index in [1.807, 2.05) is 30.3 Å². The summed E-state index contributed by atoms with van der Waals surface area (Å²) >= 11 is 0. The summed E-state index contributed by atoms with van der Waals surface area (Å²) in [7, 11) is 0. The molecule has 0 bridgehead atoms. The Morgan fingerprint density at radius 2 is 0.933 bits per heavy atom. The van der Waals surface area contributed by atoms with Gasteiger partial charge in [0.2, 0.25) is 0 Å². The second kappa shape index (κ2) is 9.22. The largest absolute Gasteiger partial charge is 0.449 e. The molecule has 0 N–H and O–H groups in total. The molecule has 1 aromatic heterocycles. The maximum absolute atomic E-state index is 6.58. The first-order chi connectivity index (χ1) is 22.3. The van der Waals surface area contributed by atoms with Gasteiger partial charge in [0.05, 0.1) is 5.52 Å². The van der Waals surface area contributed by atoms with Crippen LogP contribution >= 0.6 is 0 Å². The number of aromatic nitrogens is 1. The van der Waals surface area contributed by atoms with E-state index < -0.39 is 0 Å². The smallest absolute Gasteiger partial charge is 0.194 e. The lowest BCUT2D eigenvalue weighted by Crippen LogP contribution is -2.02. The van der Waals surface area contributed by atoms with Crippen LogP contribution in [0.25, 0.3) is 70.9 Å². The predicted octanol–water partition coefficient (Wildman–Crippen LogP) is 11.8. The minimum absolute atomic E-state index is 0.718. The van der Waals surface area contributed by atoms with Gasteiger partial charge in [-0.1, -0.05) is 103 Å². The van der Waals surface area contributed by atoms with Crippen LogP contribution in [0.5, 0.6) is 23.0 Å². The lowest BCUT2D eigenvalue weighted by molar-refractivity contribution is 0.362. The van der Waals surface area contributed by atoms with Crippen LogP contribution in [0.1, 0.15) is 0 Å². The van der Waals surface area contributed by atoms with Crippen molar-refractivity contribution in [3.05, 3.63) is 152 Å². The molecule has 3 heteroatoms. The van der Waals surface area contributed by atoms with Crippen molar-refractivity contribution in [2.75, 3.05) is 0 Å². The normalized spacial score (nSPS) is 12.4. The fraction of sp³-hybridized carbons (Fsp3) is 0. The molecule has 10 rings (SSSR count). The molecule has 0 fully saturated rings. The van der Waals surface area contributed by atoms with Gasteiger partial charge in [0.1, 0.15) is 5.52 Å². The fourth-order valence-corrected chi connectivity index (χ4v) is 7.22. The second-order valence-corrected chi connectivity index (χ2v) is 11.7. The van der Waals surface area contributed by atoms with E-state index in [1.165, 1.54) is 43.3 Å². The van der Waals surface area contributed by atoms with Gasteiger partial charge in [-0.05, 0) is 92.0 Å². The highest BCUT2D eigenvalue weighted by Crippen LogP contribution is 2.51. The summed E-state index contributed by atoms with van der Waals surface area (Å²) in [4.78, 5) is 0. The van der Waals surface area contributed by atoms with E-state index in [1.54, 1.807) is 0 Å². The molecule has 1 aliphatic heterocycles. The van der Waals surface area contributed by atoms with Crippen LogP contribution in [-0.4, -0.2) is 4.57 Å². The maximum atomic E-state index is 6.58. The Morgan fingerprint density at radius 3 is 1.69 bits per heavy atom. The summed E-state index contributed by atoms with van der Waals surface area (Å²) in [5.74, 6) is 2.90. The van der Waals surface area contributed by atoms with E-state index in [0.29, 0.717) is 0 Å². The van der Waals surface area contributed by atoms with Crippen molar-refractivity contribution in [1.29, 1.82) is 0 Å². The third-order valence-electron chi connectivity index (χ3n) is 9.22. The van der Waals surface area contributed by atoms with Gasteiger partial charge in [-0.25, -0.2) is 0 Å². The molecule has 0 saturated carbocycles. The van der Waals surface area contributed by atoms with Crippen molar-refractivity contribution in [2.24, 2.45) is 0 Å². The lowest BCUT2D eigenvalue weighted by atomic mass is 9.92. The topological polar surface area (TPSA) is 23.4 Å². The van der Waals surface area contributed by atoms with Crippen LogP contribution in [0, 0.1) is 0 Å². The Bertz CT molecular complexity index is 2630. The third kappa shape index (κ3) is 3.52. The quantitative estimate of drug-likeness (QED) is 0.191. The summed E-state index contributed by atoms with van der Waals surface area (Å²) in [6.07, 6.45) is 0. The van der Waals surface area contributed by atoms with Crippen LogP contribution in [-0.2, 0) is 0 Å². The minimum atomic E-state index is 0.718. The molecule has 3 nitrogen and oxygen atoms in total. The van der Waals surface area contributed by atoms with E-state index in [-0.39, 0.29) is 0 Å². The standard InChI is InChI=1S/C42H25NO2/c1-2-14-31-29(12-1)30-13-3-4-15-32(30)36-25-27(20-21-33(31)36)26-10-9-11-28(24-26)43-37-17-6-5-16-34(37)35-22-23-40-42(41(35)43)45-39-19-8-7-18-38(39)44-40/h1-25H. The van der Waals surface area contributed by atoms with E-state index in [4.69, 9.17) is 9.47 Å². The summed E-state index contributed by atoms with van der Waals surface area (Å²) in [5.41, 5.74) is 5.52. The first-order valence-corrected chi connectivity index (χ1v) is 15.3. The zero-order chi connectivity index (χ0) is 29.5. The van der Waals surface area contributed by atoms with E-state index in [2.05, 4.69) is 126 Å². The van der Waals surface area contributed by atoms with Crippen molar-refractivity contribution >= 4 is 54.1 Å². The number of hydrogen-bond acceptors (Lipinski definition) is 2. The molecule has 0 unspecified atom stereocenters. The van der Waals surface area contributed by atoms with E-state index >= 15 is 0 Å². The molecular formula is C42H25NO2. The summed E-state index contributed by atoms with van der Waals surface area (Å²) in [6.45, 7) is 0. The van der Waals surface area contributed by atoms with Gasteiger partial charge in [0.25, 0.3) is 0 Å². The van der Waals surface area contributed by atoms with Crippen LogP contribution < -0.4 is 9.47 Å². The zero-order valence-electron chi connectivity index (χ0n) is 24.2. The first kappa shape index (κ1) is 24.4. The van der Waals surface area contributed by atoms with Gasteiger partial charge in [0, 0.05) is 16.5 Å². The van der Waals surface area contributed by atoms with Crippen molar-refractivity contribution in [2.45, 2.75) is 0 Å². The molecule has 0 saturated heterocycles. The molecule has 0 amide bonds. The monoisotopic (exact) mass is 575 g/mol. The van der Waals surface area contributed by atoms with Crippen molar-refractivity contribution in [3.8, 4) is 39.8 Å². The summed E-state index contributed by atoms with van der Waals surface area (Å²) < 4.78 is 15.2. The third-order valence-corrected chi connectivity index (χ3v) is 9.22. The van der Waals surface area contributed by atoms with Crippen molar-refractivity contribution in [3.63, 3.8) is 0 Å². The highest BCUT2D eigenvalue weighted by atomic mass is 16.6. The summed E-state index contributed by atoms with van der Waals surface area (Å²) in [6, 6.07) is 53.7. The highest BCUT2D eigenvalue weighted by molar-refractivity contribution is 6.25. The van der Waals surface area contributed by atoms with Crippen LogP contribution in [0.4, 0.5) is 0 Å². The number of nitrogens with zero attached hydrogens (tertiary/aromatic N) is 1. The number of rotatable bonds is 2. The Balaban J connectivity index is 1.20. The van der Waals surface area contributed by atoms with Gasteiger partial charge < -0.3 is 14.0 Å². The molecule has 1 aliphatic rings. The Kier molecular flexibility index (Phi) is 5.00. The van der Waals surface area contributed by atoms with Crippen LogP contribution in [0.3, 0.4) is 0 Å². The Hall–Kier alpha value is -6.06. The first-order valence-electron chi connectivity index (χ1n) is 15.3. The van der Waals surface area contributed by atoms with Gasteiger partial charge in [-0.3, -0.25) is 0 Å². The molecule has 45 heavy (non-hydrogen) atoms. The molecule has 9 aromatic rings. The average molecular weight is 576 g/mol. The van der Waals surface area contributed by atoms with Gasteiger partial charge in [-0.2, -0.15) is 0 Å². The maximum Gasteiger partial charge on any atom is 0.194 e. The SMILES string of the molecule is c1cc(-c2ccc3c4ccccc4c4ccccc4c3c2)cc(-n2c3ccccc3c3ccc4c(c32)Oc2ccccc2O4)c1. The molecule has 0 aliphatic carbocycles.